The van der Waals surface area contributed by atoms with Gasteiger partial charge in [0, 0.05) is 0 Å². The number of carbonyl (C=O) groups excluding carboxylic acids is 1. The molecule has 0 heterocycles. The predicted octanol–water partition coefficient (Wildman–Crippen LogP) is 3.66. The molecule has 0 saturated heterocycles. The molecule has 0 spiro atoms. The van der Waals surface area contributed by atoms with Crippen LogP contribution >= 0.6 is 0 Å². The summed E-state index contributed by atoms with van der Waals surface area (Å²) < 4.78 is 10.8. The Kier molecular flexibility index (Phi) is 5.05. The van der Waals surface area contributed by atoms with E-state index < -0.39 is 0 Å². The highest BCUT2D eigenvalue weighted by Gasteiger charge is 2.27. The molecule has 0 aliphatic heterocycles. The van der Waals surface area contributed by atoms with Gasteiger partial charge in [0.2, 0.25) is 0 Å². The fraction of sp³-hybridized carbons (Fsp3) is 0.588. The van der Waals surface area contributed by atoms with E-state index in [1.165, 1.54) is 18.2 Å². The summed E-state index contributed by atoms with van der Waals surface area (Å²) in [4.78, 5) is 11.5. The van der Waals surface area contributed by atoms with Crippen LogP contribution in [-0.2, 0) is 9.53 Å². The lowest BCUT2D eigenvalue weighted by Gasteiger charge is -2.27. The number of rotatable bonds is 4. The van der Waals surface area contributed by atoms with E-state index in [1.807, 2.05) is 0 Å². The highest BCUT2D eigenvalue weighted by Crippen LogP contribution is 2.31. The summed E-state index contributed by atoms with van der Waals surface area (Å²) in [5, 5.41) is 0. The molecule has 1 aliphatic carbocycles. The van der Waals surface area contributed by atoms with Crippen molar-refractivity contribution in [3.63, 3.8) is 0 Å². The summed E-state index contributed by atoms with van der Waals surface area (Å²) in [6, 6.07) is 6.21. The first-order valence-corrected chi connectivity index (χ1v) is 7.38. The summed E-state index contributed by atoms with van der Waals surface area (Å²) in [7, 11) is 1.47. The Labute approximate surface area is 121 Å². The van der Waals surface area contributed by atoms with Crippen LogP contribution in [0.3, 0.4) is 0 Å². The number of hydrogen-bond donors (Lipinski definition) is 0. The number of methoxy groups -OCH3 is 1. The van der Waals surface area contributed by atoms with Crippen LogP contribution in [0.4, 0.5) is 0 Å². The van der Waals surface area contributed by atoms with Gasteiger partial charge in [0.05, 0.1) is 19.6 Å². The van der Waals surface area contributed by atoms with Crippen LogP contribution in [0.25, 0.3) is 0 Å². The molecule has 0 N–H and O–H groups in total. The van der Waals surface area contributed by atoms with Gasteiger partial charge >= 0.3 is 5.97 Å². The molecule has 3 nitrogen and oxygen atoms in total. The Bertz CT molecular complexity index is 439. The van der Waals surface area contributed by atoms with Gasteiger partial charge in [-0.1, -0.05) is 18.2 Å². The number of ether oxygens (including phenoxy) is 2. The van der Waals surface area contributed by atoms with Crippen LogP contribution in [0, 0.1) is 25.7 Å². The molecular weight excluding hydrogens is 252 g/mol. The Morgan fingerprint density at radius 1 is 1.15 bits per heavy atom. The zero-order valence-corrected chi connectivity index (χ0v) is 12.6. The van der Waals surface area contributed by atoms with Gasteiger partial charge in [0.15, 0.2) is 0 Å². The standard InChI is InChI=1S/C17H24O3/c1-12-5-4-6-13(2)16(12)20-11-14-7-9-15(10-8-14)17(18)19-3/h4-6,14-15H,7-11H2,1-3H3. The summed E-state index contributed by atoms with van der Waals surface area (Å²) >= 11 is 0. The van der Waals surface area contributed by atoms with E-state index >= 15 is 0 Å². The van der Waals surface area contributed by atoms with E-state index in [1.54, 1.807) is 0 Å². The van der Waals surface area contributed by atoms with Crippen molar-refractivity contribution in [3.8, 4) is 5.75 Å². The molecule has 0 radical (unpaired) electrons. The summed E-state index contributed by atoms with van der Waals surface area (Å²) in [5.74, 6) is 1.60. The third kappa shape index (κ3) is 3.53. The molecular formula is C17H24O3. The first-order chi connectivity index (χ1) is 9.61. The molecule has 0 aromatic heterocycles. The Hall–Kier alpha value is -1.51. The molecule has 1 fully saturated rings. The average Bonchev–Trinajstić information content (AvgIpc) is 2.46. The maximum absolute atomic E-state index is 11.5. The van der Waals surface area contributed by atoms with Gasteiger partial charge in [0.25, 0.3) is 0 Å². The van der Waals surface area contributed by atoms with E-state index in [0.29, 0.717) is 5.92 Å². The minimum atomic E-state index is -0.0564. The van der Waals surface area contributed by atoms with Gasteiger partial charge in [-0.15, -0.1) is 0 Å². The lowest BCUT2D eigenvalue weighted by molar-refractivity contribution is -0.146. The molecule has 0 unspecified atom stereocenters. The second-order valence-corrected chi connectivity index (χ2v) is 5.77. The van der Waals surface area contributed by atoms with Gasteiger partial charge in [-0.2, -0.15) is 0 Å². The molecule has 2 rings (SSSR count). The minimum absolute atomic E-state index is 0.0564. The Morgan fingerprint density at radius 2 is 1.75 bits per heavy atom. The molecule has 0 atom stereocenters. The van der Waals surface area contributed by atoms with Crippen molar-refractivity contribution in [2.75, 3.05) is 13.7 Å². The largest absolute Gasteiger partial charge is 0.493 e. The van der Waals surface area contributed by atoms with E-state index in [9.17, 15) is 4.79 Å². The molecule has 3 heteroatoms. The van der Waals surface area contributed by atoms with Crippen molar-refractivity contribution < 1.29 is 14.3 Å². The van der Waals surface area contributed by atoms with Crippen molar-refractivity contribution in [1.29, 1.82) is 0 Å². The van der Waals surface area contributed by atoms with Crippen LogP contribution < -0.4 is 4.74 Å². The number of para-hydroxylation sites is 1. The van der Waals surface area contributed by atoms with Gasteiger partial charge in [-0.3, -0.25) is 4.79 Å². The zero-order valence-electron chi connectivity index (χ0n) is 12.6. The van der Waals surface area contributed by atoms with Crippen LogP contribution in [0.2, 0.25) is 0 Å². The topological polar surface area (TPSA) is 35.5 Å². The monoisotopic (exact) mass is 276 g/mol. The first-order valence-electron chi connectivity index (χ1n) is 7.38. The van der Waals surface area contributed by atoms with E-state index in [0.717, 1.165) is 38.0 Å². The average molecular weight is 276 g/mol. The fourth-order valence-electron chi connectivity index (χ4n) is 2.96. The van der Waals surface area contributed by atoms with Gasteiger partial charge in [0.1, 0.15) is 5.75 Å². The fourth-order valence-corrected chi connectivity index (χ4v) is 2.96. The second-order valence-electron chi connectivity index (χ2n) is 5.77. The van der Waals surface area contributed by atoms with Crippen molar-refractivity contribution >= 4 is 5.97 Å². The number of carbonyl (C=O) groups is 1. The first kappa shape index (κ1) is 14.9. The molecule has 110 valence electrons. The SMILES string of the molecule is COC(=O)C1CCC(COc2c(C)cccc2C)CC1. The normalized spacial score (nSPS) is 22.4. The van der Waals surface area contributed by atoms with Crippen LogP contribution in [0.5, 0.6) is 5.75 Å². The number of benzene rings is 1. The predicted molar refractivity (Wildman–Crippen MR) is 78.9 cm³/mol. The van der Waals surface area contributed by atoms with Crippen LogP contribution in [-0.4, -0.2) is 19.7 Å². The van der Waals surface area contributed by atoms with Crippen molar-refractivity contribution in [2.45, 2.75) is 39.5 Å². The van der Waals surface area contributed by atoms with E-state index in [4.69, 9.17) is 9.47 Å². The summed E-state index contributed by atoms with van der Waals surface area (Å²) in [5.41, 5.74) is 2.38. The Balaban J connectivity index is 1.83. The zero-order chi connectivity index (χ0) is 14.5. The highest BCUT2D eigenvalue weighted by molar-refractivity contribution is 5.72. The van der Waals surface area contributed by atoms with Gasteiger partial charge < -0.3 is 9.47 Å². The maximum Gasteiger partial charge on any atom is 0.308 e. The minimum Gasteiger partial charge on any atom is -0.493 e. The van der Waals surface area contributed by atoms with E-state index in [2.05, 4.69) is 32.0 Å². The Morgan fingerprint density at radius 3 is 2.30 bits per heavy atom. The molecule has 1 aromatic carbocycles. The summed E-state index contributed by atoms with van der Waals surface area (Å²) in [6.07, 6.45) is 3.94. The van der Waals surface area contributed by atoms with Gasteiger partial charge in [-0.05, 0) is 56.6 Å². The smallest absolute Gasteiger partial charge is 0.308 e. The maximum atomic E-state index is 11.5. The van der Waals surface area contributed by atoms with E-state index in [-0.39, 0.29) is 11.9 Å². The molecule has 1 saturated carbocycles. The second kappa shape index (κ2) is 6.78. The highest BCUT2D eigenvalue weighted by atomic mass is 16.5. The third-order valence-electron chi connectivity index (χ3n) is 4.25. The van der Waals surface area contributed by atoms with Gasteiger partial charge in [-0.25, -0.2) is 0 Å². The third-order valence-corrected chi connectivity index (χ3v) is 4.25. The molecule has 0 amide bonds. The quantitative estimate of drug-likeness (QED) is 0.787. The summed E-state index contributed by atoms with van der Waals surface area (Å²) in [6.45, 7) is 4.91. The van der Waals surface area contributed by atoms with Crippen LogP contribution in [0.1, 0.15) is 36.8 Å². The van der Waals surface area contributed by atoms with Crippen molar-refractivity contribution in [2.24, 2.45) is 11.8 Å². The molecule has 1 aliphatic rings. The number of esters is 1. The molecule has 0 bridgehead atoms. The number of aryl methyl sites for hydroxylation is 2. The molecule has 1 aromatic rings. The van der Waals surface area contributed by atoms with Crippen LogP contribution in [0.15, 0.2) is 18.2 Å². The lowest BCUT2D eigenvalue weighted by Crippen LogP contribution is -2.25. The van der Waals surface area contributed by atoms with Crippen molar-refractivity contribution in [3.05, 3.63) is 29.3 Å². The number of hydrogen-bond acceptors (Lipinski definition) is 3. The lowest BCUT2D eigenvalue weighted by atomic mass is 9.82. The molecule has 20 heavy (non-hydrogen) atoms. The van der Waals surface area contributed by atoms with Crippen molar-refractivity contribution in [1.82, 2.24) is 0 Å².